The number of hydrogen-bond donors (Lipinski definition) is 0. The molecule has 0 aliphatic carbocycles. The lowest BCUT2D eigenvalue weighted by Crippen LogP contribution is -2.71. The highest BCUT2D eigenvalue weighted by molar-refractivity contribution is 6.10. The van der Waals surface area contributed by atoms with Gasteiger partial charge in [0.25, 0.3) is 0 Å². The van der Waals surface area contributed by atoms with Crippen LogP contribution in [0.3, 0.4) is 0 Å². The third-order valence-electron chi connectivity index (χ3n) is 10.6. The van der Waals surface area contributed by atoms with Crippen molar-refractivity contribution in [3.8, 4) is 28.3 Å². The van der Waals surface area contributed by atoms with Gasteiger partial charge >= 0.3 is 11.5 Å². The van der Waals surface area contributed by atoms with Crippen molar-refractivity contribution in [2.24, 2.45) is 0 Å². The van der Waals surface area contributed by atoms with E-state index in [0.717, 1.165) is 33.3 Å². The molecule has 226 valence electrons. The smallest absolute Gasteiger partial charge is 0.364 e. The summed E-state index contributed by atoms with van der Waals surface area (Å²) in [5, 5.41) is 2.29. The molecule has 47 heavy (non-hydrogen) atoms. The largest absolute Gasteiger partial charge is 0.455 e. The van der Waals surface area contributed by atoms with E-state index in [1.165, 1.54) is 50.2 Å². The Bertz CT molecular complexity index is 2530. The van der Waals surface area contributed by atoms with Gasteiger partial charge in [-0.1, -0.05) is 88.4 Å². The maximum absolute atomic E-state index is 6.94. The predicted octanol–water partition coefficient (Wildman–Crippen LogP) is 9.61. The number of aromatic nitrogens is 3. The second kappa shape index (κ2) is 9.29. The summed E-state index contributed by atoms with van der Waals surface area (Å²) in [4.78, 5) is 0. The summed E-state index contributed by atoms with van der Waals surface area (Å²) < 4.78 is 14.6. The van der Waals surface area contributed by atoms with Crippen LogP contribution in [-0.2, 0) is 5.66 Å². The zero-order chi connectivity index (χ0) is 31.6. The first-order chi connectivity index (χ1) is 23.0. The molecule has 0 bridgehead atoms. The Morgan fingerprint density at radius 3 is 2.19 bits per heavy atom. The van der Waals surface area contributed by atoms with Gasteiger partial charge < -0.3 is 4.42 Å². The molecule has 0 saturated heterocycles. The molecule has 1 spiro atoms. The van der Waals surface area contributed by atoms with Crippen LogP contribution in [0.2, 0.25) is 0 Å². The monoisotopic (exact) mass is 609 g/mol. The van der Waals surface area contributed by atoms with Crippen molar-refractivity contribution in [3.05, 3.63) is 150 Å². The molecular weight excluding hydrogens is 574 g/mol. The first-order valence-corrected chi connectivity index (χ1v) is 16.8. The predicted molar refractivity (Wildman–Crippen MR) is 188 cm³/mol. The number of fused-ring (bicyclic) bond motifs is 16. The van der Waals surface area contributed by atoms with E-state index < -0.39 is 5.66 Å². The van der Waals surface area contributed by atoms with Crippen LogP contribution in [-0.4, -0.2) is 4.57 Å². The van der Waals surface area contributed by atoms with Crippen molar-refractivity contribution in [2.45, 2.75) is 45.2 Å². The number of para-hydroxylation sites is 4. The normalized spacial score (nSPS) is 16.1. The molecule has 2 aliphatic rings. The fourth-order valence-electron chi connectivity index (χ4n) is 8.73. The fraction of sp³-hybridized carbons (Fsp3) is 0.163. The Hall–Kier alpha value is -5.48. The fourth-order valence-corrected chi connectivity index (χ4v) is 8.73. The second-order valence-electron chi connectivity index (χ2n) is 13.7. The van der Waals surface area contributed by atoms with Crippen LogP contribution in [0.1, 0.15) is 61.8 Å². The van der Waals surface area contributed by atoms with E-state index in [1.54, 1.807) is 0 Å². The van der Waals surface area contributed by atoms with Gasteiger partial charge in [-0.15, -0.1) is 9.13 Å². The number of furan rings is 1. The van der Waals surface area contributed by atoms with Gasteiger partial charge in [0.05, 0.1) is 16.7 Å². The molecule has 3 aromatic heterocycles. The van der Waals surface area contributed by atoms with Gasteiger partial charge in [-0.25, -0.2) is 0 Å². The maximum atomic E-state index is 6.94. The lowest BCUT2D eigenvalue weighted by molar-refractivity contribution is -0.944. The Morgan fingerprint density at radius 2 is 1.36 bits per heavy atom. The highest BCUT2D eigenvalue weighted by atomic mass is 16.3. The number of nitrogens with zero attached hydrogens (tertiary/aromatic N) is 3. The minimum atomic E-state index is -0.652. The molecule has 0 N–H and O–H groups in total. The zero-order valence-corrected chi connectivity index (χ0v) is 27.0. The topological polar surface area (TPSA) is 25.8 Å². The SMILES string of the molecule is CC(C)c1cccc(C(C)C)c1-n1c2[n+](c3ccccc31)C1(c3ccccc3-c3cccc[n+]31)c1ccc3c(oc4ccccc43)c1-2. The van der Waals surface area contributed by atoms with E-state index in [4.69, 9.17) is 4.42 Å². The van der Waals surface area contributed by atoms with Crippen LogP contribution in [0.5, 0.6) is 0 Å². The van der Waals surface area contributed by atoms with Gasteiger partial charge in [0, 0.05) is 34.0 Å². The molecule has 1 atom stereocenters. The van der Waals surface area contributed by atoms with Crippen molar-refractivity contribution in [2.75, 3.05) is 0 Å². The van der Waals surface area contributed by atoms with Gasteiger partial charge in [-0.2, -0.15) is 4.57 Å². The van der Waals surface area contributed by atoms with Crippen molar-refractivity contribution < 1.29 is 13.6 Å². The van der Waals surface area contributed by atoms with Gasteiger partial charge in [0.1, 0.15) is 16.8 Å². The lowest BCUT2D eigenvalue weighted by Gasteiger charge is -2.20. The highest BCUT2D eigenvalue weighted by Crippen LogP contribution is 2.52. The molecular formula is C43H35N3O+2. The molecule has 1 unspecified atom stereocenters. The number of imidazole rings is 1. The molecule has 4 heteroatoms. The lowest BCUT2D eigenvalue weighted by atomic mass is 9.88. The number of pyridine rings is 1. The van der Waals surface area contributed by atoms with Crippen LogP contribution in [0, 0.1) is 0 Å². The second-order valence-corrected chi connectivity index (χ2v) is 13.7. The van der Waals surface area contributed by atoms with Crippen molar-refractivity contribution in [3.63, 3.8) is 0 Å². The number of hydrogen-bond acceptors (Lipinski definition) is 1. The molecule has 5 aromatic carbocycles. The van der Waals surface area contributed by atoms with Gasteiger partial charge in [0.2, 0.25) is 5.69 Å². The number of benzene rings is 5. The van der Waals surface area contributed by atoms with Crippen LogP contribution in [0.4, 0.5) is 0 Å². The summed E-state index contributed by atoms with van der Waals surface area (Å²) in [6.07, 6.45) is 2.26. The summed E-state index contributed by atoms with van der Waals surface area (Å²) >= 11 is 0. The van der Waals surface area contributed by atoms with Crippen LogP contribution >= 0.6 is 0 Å². The standard InChI is InChI=1S/C43H35N3O/c1-26(2)28-16-13-17-29(27(3)4)40(28)45-36-20-8-9-21-37(36)46-42(45)39-34(24-23-31-30-14-6-10-22-38(30)47-41(31)39)43(46)33-18-7-5-15-32(33)35-19-11-12-25-44(35)43/h5-27H,1-4H3/q+2. The van der Waals surface area contributed by atoms with E-state index in [2.05, 4.69) is 169 Å². The minimum Gasteiger partial charge on any atom is -0.455 e. The van der Waals surface area contributed by atoms with E-state index in [9.17, 15) is 0 Å². The summed E-state index contributed by atoms with van der Waals surface area (Å²) in [7, 11) is 0. The van der Waals surface area contributed by atoms with E-state index in [1.807, 2.05) is 0 Å². The Kier molecular flexibility index (Phi) is 5.28. The summed E-state index contributed by atoms with van der Waals surface area (Å²) in [5.74, 6) is 1.83. The third-order valence-corrected chi connectivity index (χ3v) is 10.6. The zero-order valence-electron chi connectivity index (χ0n) is 27.0. The first kappa shape index (κ1) is 26.7. The van der Waals surface area contributed by atoms with E-state index in [0.29, 0.717) is 11.8 Å². The van der Waals surface area contributed by atoms with Gasteiger partial charge in [0.15, 0.2) is 22.8 Å². The molecule has 10 rings (SSSR count). The van der Waals surface area contributed by atoms with Gasteiger partial charge in [-0.3, -0.25) is 0 Å². The Balaban J connectivity index is 1.50. The third kappa shape index (κ3) is 3.18. The van der Waals surface area contributed by atoms with Gasteiger partial charge in [-0.05, 0) is 60.4 Å². The van der Waals surface area contributed by atoms with Crippen molar-refractivity contribution in [1.82, 2.24) is 4.57 Å². The molecule has 2 aliphatic heterocycles. The molecule has 5 heterocycles. The average Bonchev–Trinajstić information content (AvgIpc) is 3.81. The minimum absolute atomic E-state index is 0.338. The summed E-state index contributed by atoms with van der Waals surface area (Å²) in [6.45, 7) is 9.25. The van der Waals surface area contributed by atoms with Crippen molar-refractivity contribution in [1.29, 1.82) is 0 Å². The average molecular weight is 610 g/mol. The molecule has 0 amide bonds. The first-order valence-electron chi connectivity index (χ1n) is 16.8. The van der Waals surface area contributed by atoms with Crippen molar-refractivity contribution >= 4 is 33.0 Å². The number of rotatable bonds is 3. The van der Waals surface area contributed by atoms with E-state index >= 15 is 0 Å². The maximum Gasteiger partial charge on any atom is 0.364 e. The van der Waals surface area contributed by atoms with Crippen LogP contribution in [0.25, 0.3) is 61.3 Å². The highest BCUT2D eigenvalue weighted by Gasteiger charge is 2.66. The summed E-state index contributed by atoms with van der Waals surface area (Å²) in [6, 6.07) is 44.5. The Morgan fingerprint density at radius 1 is 0.638 bits per heavy atom. The van der Waals surface area contributed by atoms with Crippen LogP contribution in [0.15, 0.2) is 132 Å². The molecule has 8 aromatic rings. The molecule has 0 radical (unpaired) electrons. The molecule has 4 nitrogen and oxygen atoms in total. The van der Waals surface area contributed by atoms with E-state index in [-0.39, 0.29) is 0 Å². The molecule has 0 fully saturated rings. The molecule has 0 saturated carbocycles. The Labute approximate surface area is 273 Å². The quantitative estimate of drug-likeness (QED) is 0.183. The van der Waals surface area contributed by atoms with Crippen LogP contribution < -0.4 is 9.13 Å². The summed E-state index contributed by atoms with van der Waals surface area (Å²) in [5.41, 5.74) is 13.7.